The number of nitrogens with zero attached hydrogens (tertiary/aromatic N) is 2. The first-order valence-corrected chi connectivity index (χ1v) is 7.64. The summed E-state index contributed by atoms with van der Waals surface area (Å²) < 4.78 is 0. The Hall–Kier alpha value is -0.160. The highest BCUT2D eigenvalue weighted by Crippen LogP contribution is 2.25. The highest BCUT2D eigenvalue weighted by molar-refractivity contribution is 4.84. The van der Waals surface area contributed by atoms with E-state index in [1.807, 2.05) is 0 Å². The number of hydrogen-bond donors (Lipinski definition) is 2. The summed E-state index contributed by atoms with van der Waals surface area (Å²) in [5, 5.41) is 13.3. The highest BCUT2D eigenvalue weighted by atomic mass is 16.3. The second kappa shape index (κ2) is 7.43. The Morgan fingerprint density at radius 2 is 2.06 bits per heavy atom. The van der Waals surface area contributed by atoms with Gasteiger partial charge in [-0.05, 0) is 45.3 Å². The number of rotatable bonds is 9. The summed E-state index contributed by atoms with van der Waals surface area (Å²) in [5.41, 5.74) is 0. The molecular formula is C14H29N3O. The fraction of sp³-hybridized carbons (Fsp3) is 1.00. The van der Waals surface area contributed by atoms with Crippen LogP contribution in [0.2, 0.25) is 0 Å². The lowest BCUT2D eigenvalue weighted by molar-refractivity contribution is 0.122. The van der Waals surface area contributed by atoms with Gasteiger partial charge >= 0.3 is 0 Å². The van der Waals surface area contributed by atoms with E-state index in [0.717, 1.165) is 38.8 Å². The molecule has 2 fully saturated rings. The fourth-order valence-electron chi connectivity index (χ4n) is 2.86. The summed E-state index contributed by atoms with van der Waals surface area (Å²) in [5.74, 6) is 0. The van der Waals surface area contributed by atoms with Gasteiger partial charge in [0.2, 0.25) is 0 Å². The van der Waals surface area contributed by atoms with E-state index < -0.39 is 0 Å². The summed E-state index contributed by atoms with van der Waals surface area (Å²) in [6.45, 7) is 9.43. The van der Waals surface area contributed by atoms with Crippen LogP contribution in [0.5, 0.6) is 0 Å². The molecule has 4 nitrogen and oxygen atoms in total. The molecule has 0 aromatic heterocycles. The van der Waals surface area contributed by atoms with Crippen LogP contribution < -0.4 is 5.32 Å². The minimum atomic E-state index is -0.209. The van der Waals surface area contributed by atoms with Gasteiger partial charge in [-0.1, -0.05) is 6.92 Å². The van der Waals surface area contributed by atoms with Crippen molar-refractivity contribution in [1.29, 1.82) is 0 Å². The van der Waals surface area contributed by atoms with Crippen molar-refractivity contribution in [1.82, 2.24) is 15.1 Å². The van der Waals surface area contributed by atoms with Crippen molar-refractivity contribution in [3.63, 3.8) is 0 Å². The Labute approximate surface area is 111 Å². The molecule has 1 saturated heterocycles. The SMILES string of the molecule is CCN(CCNCC(O)CN1CCCC1)C1CC1. The lowest BCUT2D eigenvalue weighted by atomic mass is 10.3. The predicted molar refractivity (Wildman–Crippen MR) is 74.8 cm³/mol. The number of likely N-dealkylation sites (N-methyl/N-ethyl adjacent to an activating group) is 1. The van der Waals surface area contributed by atoms with E-state index >= 15 is 0 Å². The number of hydrogen-bond acceptors (Lipinski definition) is 4. The quantitative estimate of drug-likeness (QED) is 0.589. The van der Waals surface area contributed by atoms with E-state index in [2.05, 4.69) is 22.0 Å². The van der Waals surface area contributed by atoms with E-state index in [0.29, 0.717) is 0 Å². The first kappa shape index (κ1) is 14.3. The van der Waals surface area contributed by atoms with Crippen molar-refractivity contribution in [3.05, 3.63) is 0 Å². The number of aliphatic hydroxyl groups excluding tert-OH is 1. The first-order chi connectivity index (χ1) is 8.79. The maximum absolute atomic E-state index is 9.94. The van der Waals surface area contributed by atoms with Crippen molar-refractivity contribution in [3.8, 4) is 0 Å². The maximum atomic E-state index is 9.94. The van der Waals surface area contributed by atoms with E-state index in [4.69, 9.17) is 0 Å². The Morgan fingerprint density at radius 3 is 2.67 bits per heavy atom. The summed E-state index contributed by atoms with van der Waals surface area (Å²) in [4.78, 5) is 4.91. The third-order valence-corrected chi connectivity index (χ3v) is 4.09. The van der Waals surface area contributed by atoms with Crippen molar-refractivity contribution < 1.29 is 5.11 Å². The minimum Gasteiger partial charge on any atom is -0.390 e. The Balaban J connectivity index is 1.48. The van der Waals surface area contributed by atoms with Crippen LogP contribution >= 0.6 is 0 Å². The van der Waals surface area contributed by atoms with E-state index in [1.165, 1.54) is 38.8 Å². The topological polar surface area (TPSA) is 38.7 Å². The Kier molecular flexibility index (Phi) is 5.89. The zero-order chi connectivity index (χ0) is 12.8. The molecule has 106 valence electrons. The molecule has 0 aromatic carbocycles. The molecule has 0 aromatic rings. The minimum absolute atomic E-state index is 0.209. The van der Waals surface area contributed by atoms with Crippen LogP contribution in [0.3, 0.4) is 0 Å². The lowest BCUT2D eigenvalue weighted by Gasteiger charge is -2.22. The standard InChI is InChI=1S/C14H29N3O/c1-2-17(13-5-6-13)10-7-15-11-14(18)12-16-8-3-4-9-16/h13-15,18H,2-12H2,1H3. The predicted octanol–water partition coefficient (Wildman–Crippen LogP) is 0.517. The molecule has 4 heteroatoms. The van der Waals surface area contributed by atoms with Crippen molar-refractivity contribution >= 4 is 0 Å². The van der Waals surface area contributed by atoms with E-state index in [9.17, 15) is 5.11 Å². The van der Waals surface area contributed by atoms with Gasteiger partial charge < -0.3 is 15.3 Å². The van der Waals surface area contributed by atoms with Crippen LogP contribution in [0, 0.1) is 0 Å². The summed E-state index contributed by atoms with van der Waals surface area (Å²) >= 11 is 0. The largest absolute Gasteiger partial charge is 0.390 e. The van der Waals surface area contributed by atoms with E-state index in [1.54, 1.807) is 0 Å². The maximum Gasteiger partial charge on any atom is 0.0791 e. The van der Waals surface area contributed by atoms with Crippen molar-refractivity contribution in [2.24, 2.45) is 0 Å². The summed E-state index contributed by atoms with van der Waals surface area (Å²) in [6.07, 6.45) is 5.15. The Morgan fingerprint density at radius 1 is 1.33 bits per heavy atom. The summed E-state index contributed by atoms with van der Waals surface area (Å²) in [6, 6.07) is 0.853. The number of aliphatic hydroxyl groups is 1. The smallest absolute Gasteiger partial charge is 0.0791 e. The third kappa shape index (κ3) is 4.84. The van der Waals surface area contributed by atoms with Crippen LogP contribution in [0.15, 0.2) is 0 Å². The van der Waals surface area contributed by atoms with Crippen molar-refractivity contribution in [2.75, 3.05) is 45.8 Å². The molecule has 0 radical (unpaired) electrons. The van der Waals surface area contributed by atoms with Gasteiger partial charge in [0.15, 0.2) is 0 Å². The second-order valence-electron chi connectivity index (χ2n) is 5.73. The average Bonchev–Trinajstić information content (AvgIpc) is 3.08. The lowest BCUT2D eigenvalue weighted by Crippen LogP contribution is -2.40. The molecule has 1 atom stereocenters. The fourth-order valence-corrected chi connectivity index (χ4v) is 2.86. The molecule has 2 aliphatic rings. The zero-order valence-corrected chi connectivity index (χ0v) is 11.8. The van der Waals surface area contributed by atoms with Gasteiger partial charge in [-0.3, -0.25) is 4.90 Å². The first-order valence-electron chi connectivity index (χ1n) is 7.64. The van der Waals surface area contributed by atoms with Gasteiger partial charge in [-0.2, -0.15) is 0 Å². The van der Waals surface area contributed by atoms with Crippen molar-refractivity contribution in [2.45, 2.75) is 44.8 Å². The number of nitrogens with one attached hydrogen (secondary N) is 1. The van der Waals surface area contributed by atoms with Crippen LogP contribution in [0.4, 0.5) is 0 Å². The molecule has 0 spiro atoms. The van der Waals surface area contributed by atoms with Gasteiger partial charge in [0.1, 0.15) is 0 Å². The third-order valence-electron chi connectivity index (χ3n) is 4.09. The molecule has 1 heterocycles. The molecular weight excluding hydrogens is 226 g/mol. The molecule has 0 bridgehead atoms. The molecule has 1 aliphatic carbocycles. The molecule has 2 N–H and O–H groups in total. The van der Waals surface area contributed by atoms with E-state index in [-0.39, 0.29) is 6.10 Å². The summed E-state index contributed by atoms with van der Waals surface area (Å²) in [7, 11) is 0. The number of likely N-dealkylation sites (tertiary alicyclic amines) is 1. The van der Waals surface area contributed by atoms with Gasteiger partial charge in [-0.25, -0.2) is 0 Å². The van der Waals surface area contributed by atoms with Crippen LogP contribution in [0.1, 0.15) is 32.6 Å². The highest BCUT2D eigenvalue weighted by Gasteiger charge is 2.27. The van der Waals surface area contributed by atoms with Crippen LogP contribution in [-0.2, 0) is 0 Å². The van der Waals surface area contributed by atoms with Crippen LogP contribution in [-0.4, -0.2) is 72.9 Å². The molecule has 0 amide bonds. The Bertz CT molecular complexity index is 227. The molecule has 1 unspecified atom stereocenters. The van der Waals surface area contributed by atoms with Gasteiger partial charge in [0, 0.05) is 32.2 Å². The number of β-amino-alcohol motifs (C(OH)–C–C–N with tert-alkyl or cyclic N) is 1. The molecule has 2 rings (SSSR count). The molecule has 1 aliphatic heterocycles. The molecule has 18 heavy (non-hydrogen) atoms. The van der Waals surface area contributed by atoms with Crippen LogP contribution in [0.25, 0.3) is 0 Å². The van der Waals surface area contributed by atoms with Gasteiger partial charge in [0.05, 0.1) is 6.10 Å². The zero-order valence-electron chi connectivity index (χ0n) is 11.8. The average molecular weight is 255 g/mol. The van der Waals surface area contributed by atoms with Gasteiger partial charge in [-0.15, -0.1) is 0 Å². The normalized spacial score (nSPS) is 22.8. The second-order valence-corrected chi connectivity index (χ2v) is 5.73. The van der Waals surface area contributed by atoms with Gasteiger partial charge in [0.25, 0.3) is 0 Å². The monoisotopic (exact) mass is 255 g/mol. The molecule has 1 saturated carbocycles.